The molecule has 2 aromatic carbocycles. The molecule has 6 heteroatoms. The van der Waals surface area contributed by atoms with Crippen molar-refractivity contribution in [3.05, 3.63) is 76.2 Å². The largest absolute Gasteiger partial charge is 0.368 e. The second-order valence-electron chi connectivity index (χ2n) is 7.01. The van der Waals surface area contributed by atoms with Gasteiger partial charge in [0.2, 0.25) is 5.91 Å². The number of nitrogens with one attached hydrogen (secondary N) is 1. The van der Waals surface area contributed by atoms with E-state index < -0.39 is 11.2 Å². The van der Waals surface area contributed by atoms with Gasteiger partial charge in [0.25, 0.3) is 0 Å². The molecule has 1 atom stereocenters. The second-order valence-corrected chi connectivity index (χ2v) is 8.70. The predicted octanol–water partition coefficient (Wildman–Crippen LogP) is 4.35. The summed E-state index contributed by atoms with van der Waals surface area (Å²) in [4.78, 5) is 11.8. The normalized spacial score (nSPS) is 18.9. The Labute approximate surface area is 174 Å². The fourth-order valence-electron chi connectivity index (χ4n) is 3.36. The van der Waals surface area contributed by atoms with Gasteiger partial charge in [-0.25, -0.2) is 0 Å². The molecule has 28 heavy (non-hydrogen) atoms. The van der Waals surface area contributed by atoms with Crippen LogP contribution in [0.2, 0.25) is 5.02 Å². The average molecular weight is 418 g/mol. The molecule has 0 radical (unpaired) electrons. The molecular formula is C22H24ClNO3S. The Morgan fingerprint density at radius 3 is 2.54 bits per heavy atom. The third-order valence-electron chi connectivity index (χ3n) is 4.71. The summed E-state index contributed by atoms with van der Waals surface area (Å²) in [5.74, 6) is -0.0742. The number of aryl methyl sites for hydroxylation is 1. The van der Waals surface area contributed by atoms with Gasteiger partial charge < -0.3 is 15.5 Å². The van der Waals surface area contributed by atoms with E-state index in [1.807, 2.05) is 47.9 Å². The number of aliphatic hydroxyl groups excluding tert-OH is 1. The lowest BCUT2D eigenvalue weighted by Crippen LogP contribution is -2.46. The van der Waals surface area contributed by atoms with Crippen LogP contribution < -0.4 is 5.32 Å². The summed E-state index contributed by atoms with van der Waals surface area (Å²) in [6, 6.07) is 17.6. The van der Waals surface area contributed by atoms with Gasteiger partial charge in [0.05, 0.1) is 4.87 Å². The number of amides is 1. The third-order valence-corrected chi connectivity index (χ3v) is 6.23. The smallest absolute Gasteiger partial charge is 0.221 e. The minimum absolute atomic E-state index is 0.0652. The highest BCUT2D eigenvalue weighted by atomic mass is 35.5. The van der Waals surface area contributed by atoms with Crippen molar-refractivity contribution in [2.45, 2.75) is 43.3 Å². The van der Waals surface area contributed by atoms with Gasteiger partial charge in [0.15, 0.2) is 6.29 Å². The van der Waals surface area contributed by atoms with Crippen molar-refractivity contribution in [2.75, 3.05) is 0 Å². The fraction of sp³-hybridized carbons (Fsp3) is 0.318. The zero-order valence-electron chi connectivity index (χ0n) is 15.5. The Balaban J connectivity index is 1.59. The zero-order valence-corrected chi connectivity index (χ0v) is 17.0. The lowest BCUT2D eigenvalue weighted by atomic mass is 9.97. The first-order valence-corrected chi connectivity index (χ1v) is 10.6. The van der Waals surface area contributed by atoms with Crippen molar-refractivity contribution in [1.82, 2.24) is 5.32 Å². The molecule has 0 spiro atoms. The maximum Gasteiger partial charge on any atom is 0.221 e. The molecule has 4 nitrogen and oxygen atoms in total. The molecule has 0 aromatic heterocycles. The summed E-state index contributed by atoms with van der Waals surface area (Å²) >= 11 is 7.39. The van der Waals surface area contributed by atoms with Gasteiger partial charge in [-0.3, -0.25) is 4.79 Å². The first-order valence-electron chi connectivity index (χ1n) is 9.30. The molecule has 0 bridgehead atoms. The van der Waals surface area contributed by atoms with Crippen molar-refractivity contribution in [3.8, 4) is 0 Å². The molecule has 148 valence electrons. The predicted molar refractivity (Wildman–Crippen MR) is 115 cm³/mol. The molecule has 1 heterocycles. The number of carbonyl (C=O) groups excluding carboxylic acids is 1. The van der Waals surface area contributed by atoms with E-state index in [9.17, 15) is 15.0 Å². The van der Waals surface area contributed by atoms with Crippen molar-refractivity contribution in [1.29, 1.82) is 0 Å². The highest BCUT2D eigenvalue weighted by Gasteiger charge is 2.39. The Hall–Kier alpha value is -1.79. The van der Waals surface area contributed by atoms with E-state index in [0.717, 1.165) is 24.0 Å². The molecule has 1 aliphatic rings. The number of hydrogen-bond donors (Lipinski definition) is 3. The van der Waals surface area contributed by atoms with E-state index in [2.05, 4.69) is 17.4 Å². The number of carbonyl (C=O) groups is 1. The van der Waals surface area contributed by atoms with Gasteiger partial charge in [-0.15, -0.1) is 11.8 Å². The van der Waals surface area contributed by atoms with Gasteiger partial charge in [-0.2, -0.15) is 0 Å². The maximum absolute atomic E-state index is 12.5. The van der Waals surface area contributed by atoms with Crippen LogP contribution >= 0.6 is 23.4 Å². The topological polar surface area (TPSA) is 69.6 Å². The van der Waals surface area contributed by atoms with Crippen molar-refractivity contribution in [2.24, 2.45) is 0 Å². The monoisotopic (exact) mass is 417 g/mol. The summed E-state index contributed by atoms with van der Waals surface area (Å²) in [5.41, 5.74) is 3.27. The summed E-state index contributed by atoms with van der Waals surface area (Å²) < 4.78 is 0. The van der Waals surface area contributed by atoms with Crippen LogP contribution in [0.4, 0.5) is 0 Å². The summed E-state index contributed by atoms with van der Waals surface area (Å²) in [7, 11) is 0. The van der Waals surface area contributed by atoms with E-state index in [-0.39, 0.29) is 12.3 Å². The lowest BCUT2D eigenvalue weighted by Gasteiger charge is -2.31. The molecule has 1 amide bonds. The molecule has 1 aliphatic heterocycles. The quantitative estimate of drug-likeness (QED) is 0.558. The van der Waals surface area contributed by atoms with Crippen molar-refractivity contribution in [3.63, 3.8) is 0 Å². The fourth-order valence-corrected chi connectivity index (χ4v) is 4.73. The highest BCUT2D eigenvalue weighted by Crippen LogP contribution is 2.45. The van der Waals surface area contributed by atoms with Crippen LogP contribution in [0, 0.1) is 0 Å². The Kier molecular flexibility index (Phi) is 7.18. The van der Waals surface area contributed by atoms with Gasteiger partial charge >= 0.3 is 0 Å². The molecule has 3 rings (SSSR count). The molecule has 0 fully saturated rings. The van der Waals surface area contributed by atoms with Crippen LogP contribution in [0.1, 0.15) is 36.8 Å². The number of aliphatic hydroxyl groups is 2. The van der Waals surface area contributed by atoms with E-state index in [1.54, 1.807) is 0 Å². The molecule has 0 saturated heterocycles. The van der Waals surface area contributed by atoms with Crippen LogP contribution in [0.15, 0.2) is 60.0 Å². The minimum Gasteiger partial charge on any atom is -0.368 e. The molecule has 3 N–H and O–H groups in total. The van der Waals surface area contributed by atoms with Gasteiger partial charge in [0, 0.05) is 24.3 Å². The Bertz CT molecular complexity index is 823. The van der Waals surface area contributed by atoms with Crippen LogP contribution in [0.5, 0.6) is 0 Å². The van der Waals surface area contributed by atoms with Crippen molar-refractivity contribution < 1.29 is 15.0 Å². The van der Waals surface area contributed by atoms with Gasteiger partial charge in [-0.1, -0.05) is 54.1 Å². The summed E-state index contributed by atoms with van der Waals surface area (Å²) in [6.45, 7) is 0. The van der Waals surface area contributed by atoms with Crippen LogP contribution in [-0.2, 0) is 11.2 Å². The highest BCUT2D eigenvalue weighted by molar-refractivity contribution is 8.04. The van der Waals surface area contributed by atoms with E-state index in [1.165, 1.54) is 17.3 Å². The van der Waals surface area contributed by atoms with E-state index >= 15 is 0 Å². The number of benzene rings is 2. The minimum atomic E-state index is -1.49. The third kappa shape index (κ3) is 5.85. The number of hydrogen-bond acceptors (Lipinski definition) is 4. The number of rotatable bonds is 8. The van der Waals surface area contributed by atoms with E-state index in [4.69, 9.17) is 11.6 Å². The first kappa shape index (κ1) is 20.9. The average Bonchev–Trinajstić information content (AvgIpc) is 3.06. The van der Waals surface area contributed by atoms with Gasteiger partial charge in [-0.05, 0) is 47.1 Å². The van der Waals surface area contributed by atoms with Gasteiger partial charge in [0.1, 0.15) is 0 Å². The summed E-state index contributed by atoms with van der Waals surface area (Å²) in [5, 5.41) is 24.8. The van der Waals surface area contributed by atoms with E-state index in [0.29, 0.717) is 17.9 Å². The second kappa shape index (κ2) is 9.61. The molecular weight excluding hydrogens is 394 g/mol. The maximum atomic E-state index is 12.5. The number of halogens is 1. The number of thioether (sulfide) groups is 1. The Morgan fingerprint density at radius 2 is 1.86 bits per heavy atom. The molecule has 1 unspecified atom stereocenters. The first-order chi connectivity index (χ1) is 13.5. The summed E-state index contributed by atoms with van der Waals surface area (Å²) in [6.07, 6.45) is 1.09. The molecule has 2 aromatic rings. The zero-order chi connectivity index (χ0) is 20.0. The molecule has 0 saturated carbocycles. The Morgan fingerprint density at radius 1 is 1.14 bits per heavy atom. The lowest BCUT2D eigenvalue weighted by molar-refractivity contribution is -0.123. The SMILES string of the molecule is O=C(CCCc1ccccc1)NC1(CC(O)O)CC(c2ccc(Cl)cc2)=CS1. The van der Waals surface area contributed by atoms with Crippen LogP contribution in [0.3, 0.4) is 0 Å². The standard InChI is InChI=1S/C22H24ClNO3S/c23-19-11-9-17(10-12-19)18-13-22(28-15-18,14-21(26)27)24-20(25)8-4-7-16-5-2-1-3-6-16/h1-3,5-6,9-12,15,21,26-27H,4,7-8,13-14H2,(H,24,25). The van der Waals surface area contributed by atoms with Crippen molar-refractivity contribution >= 4 is 34.8 Å². The van der Waals surface area contributed by atoms with Crippen LogP contribution in [-0.4, -0.2) is 27.3 Å². The van der Waals surface area contributed by atoms with Crippen LogP contribution in [0.25, 0.3) is 5.57 Å². The molecule has 0 aliphatic carbocycles.